The third-order valence-electron chi connectivity index (χ3n) is 1.31. The molecule has 0 aromatic rings. The number of ether oxygens (including phenoxy) is 3. The van der Waals surface area contributed by atoms with Crippen molar-refractivity contribution in [3.05, 3.63) is 0 Å². The van der Waals surface area contributed by atoms with Crippen LogP contribution in [0, 0.1) is 0 Å². The highest BCUT2D eigenvalue weighted by atomic mass is 16.9. The Balaban J connectivity index is 4.45. The molecule has 0 aliphatic heterocycles. The Hall–Kier alpha value is -0.810. The maximum Gasteiger partial charge on any atom is 0.410 e. The van der Waals surface area contributed by atoms with Gasteiger partial charge in [-0.05, 0) is 41.5 Å². The quantitative estimate of drug-likeness (QED) is 0.760. The number of rotatable bonds is 3. The summed E-state index contributed by atoms with van der Waals surface area (Å²) in [4.78, 5) is 11.1. The Morgan fingerprint density at radius 3 is 1.62 bits per heavy atom. The summed E-state index contributed by atoms with van der Waals surface area (Å²) in [6.07, 6.45) is -0.585. The highest BCUT2D eigenvalue weighted by Gasteiger charge is 2.27. The molecule has 0 atom stereocenters. The predicted molar refractivity (Wildman–Crippen MR) is 61.0 cm³/mol. The topological polar surface area (TPSA) is 56.8 Å². The first-order chi connectivity index (χ1) is 7.03. The summed E-state index contributed by atoms with van der Waals surface area (Å²) in [7, 11) is 1.48. The lowest BCUT2D eigenvalue weighted by Crippen LogP contribution is -2.39. The fourth-order valence-electron chi connectivity index (χ4n) is 0.796. The molecule has 0 aliphatic carbocycles. The van der Waals surface area contributed by atoms with Crippen LogP contribution in [0.5, 0.6) is 0 Å². The van der Waals surface area contributed by atoms with E-state index >= 15 is 0 Å². The van der Waals surface area contributed by atoms with Crippen molar-refractivity contribution >= 4 is 6.09 Å². The average molecular weight is 233 g/mol. The number of nitrogens with one attached hydrogen (secondary N) is 1. The van der Waals surface area contributed by atoms with Crippen LogP contribution in [0.3, 0.4) is 0 Å². The van der Waals surface area contributed by atoms with Crippen molar-refractivity contribution in [2.75, 3.05) is 7.05 Å². The summed E-state index contributed by atoms with van der Waals surface area (Å²) < 4.78 is 15.9. The predicted octanol–water partition coefficient (Wildman–Crippen LogP) is 2.26. The molecule has 0 heterocycles. The Morgan fingerprint density at radius 1 is 1.00 bits per heavy atom. The van der Waals surface area contributed by atoms with Gasteiger partial charge in [-0.15, -0.1) is 0 Å². The van der Waals surface area contributed by atoms with Gasteiger partial charge in [0.1, 0.15) is 0 Å². The number of carbonyl (C=O) groups excluding carboxylic acids is 1. The fourth-order valence-corrected chi connectivity index (χ4v) is 0.796. The van der Waals surface area contributed by atoms with Crippen LogP contribution in [0.2, 0.25) is 0 Å². The van der Waals surface area contributed by atoms with E-state index in [0.717, 1.165) is 0 Å². The van der Waals surface area contributed by atoms with Crippen molar-refractivity contribution in [3.8, 4) is 0 Å². The van der Waals surface area contributed by atoms with Crippen LogP contribution in [0.15, 0.2) is 0 Å². The van der Waals surface area contributed by atoms with Gasteiger partial charge in [0.25, 0.3) is 0 Å². The van der Waals surface area contributed by atoms with E-state index in [0.29, 0.717) is 0 Å². The van der Waals surface area contributed by atoms with Crippen molar-refractivity contribution < 1.29 is 19.0 Å². The van der Waals surface area contributed by atoms with Crippen molar-refractivity contribution in [2.24, 2.45) is 0 Å². The van der Waals surface area contributed by atoms with Gasteiger partial charge >= 0.3 is 12.6 Å². The fraction of sp³-hybridized carbons (Fsp3) is 0.909. The van der Waals surface area contributed by atoms with Crippen molar-refractivity contribution in [2.45, 2.75) is 59.2 Å². The minimum Gasteiger partial charge on any atom is -0.394 e. The van der Waals surface area contributed by atoms with Gasteiger partial charge in [0.2, 0.25) is 0 Å². The zero-order chi connectivity index (χ0) is 13.0. The number of amides is 1. The molecule has 96 valence electrons. The summed E-state index contributed by atoms with van der Waals surface area (Å²) >= 11 is 0. The molecule has 0 aromatic carbocycles. The van der Waals surface area contributed by atoms with Gasteiger partial charge in [-0.3, -0.25) is 0 Å². The monoisotopic (exact) mass is 233 g/mol. The van der Waals surface area contributed by atoms with Gasteiger partial charge < -0.3 is 19.5 Å². The summed E-state index contributed by atoms with van der Waals surface area (Å²) in [6.45, 7) is 10.1. The zero-order valence-corrected chi connectivity index (χ0v) is 11.2. The average Bonchev–Trinajstić information content (AvgIpc) is 1.97. The normalized spacial score (nSPS) is 12.8. The van der Waals surface area contributed by atoms with E-state index in [1.54, 1.807) is 0 Å². The molecule has 0 rings (SSSR count). The van der Waals surface area contributed by atoms with Crippen LogP contribution in [-0.4, -0.2) is 30.8 Å². The van der Waals surface area contributed by atoms with E-state index in [2.05, 4.69) is 5.32 Å². The molecule has 0 spiro atoms. The van der Waals surface area contributed by atoms with E-state index in [1.165, 1.54) is 7.05 Å². The lowest BCUT2D eigenvalue weighted by Gasteiger charge is -2.31. The second-order valence-corrected chi connectivity index (χ2v) is 5.40. The number of alkyl carbamates (subject to hydrolysis) is 1. The van der Waals surface area contributed by atoms with Gasteiger partial charge in [0, 0.05) is 7.05 Å². The maximum atomic E-state index is 11.1. The smallest absolute Gasteiger partial charge is 0.394 e. The Kier molecular flexibility index (Phi) is 5.22. The molecule has 0 saturated heterocycles. The first-order valence-corrected chi connectivity index (χ1v) is 5.27. The SMILES string of the molecule is CNC(=O)OC(OC(C)(C)C)OC(C)(C)C. The van der Waals surface area contributed by atoms with Crippen LogP contribution in [0.4, 0.5) is 4.79 Å². The van der Waals surface area contributed by atoms with Gasteiger partial charge in [-0.2, -0.15) is 0 Å². The molecular formula is C11H23NO4. The second-order valence-electron chi connectivity index (χ2n) is 5.40. The molecule has 0 aliphatic rings. The second kappa shape index (κ2) is 5.50. The Labute approximate surface area is 97.4 Å². The Bertz CT molecular complexity index is 211. The van der Waals surface area contributed by atoms with Gasteiger partial charge in [0.15, 0.2) is 0 Å². The molecular weight excluding hydrogens is 210 g/mol. The van der Waals surface area contributed by atoms with E-state index in [-0.39, 0.29) is 0 Å². The molecule has 0 unspecified atom stereocenters. The number of hydrogen-bond donors (Lipinski definition) is 1. The maximum absolute atomic E-state index is 11.1. The minimum atomic E-state index is -1.01. The lowest BCUT2D eigenvalue weighted by atomic mass is 10.2. The van der Waals surface area contributed by atoms with Gasteiger partial charge in [-0.25, -0.2) is 4.79 Å². The van der Waals surface area contributed by atoms with Crippen molar-refractivity contribution in [3.63, 3.8) is 0 Å². The van der Waals surface area contributed by atoms with E-state index in [4.69, 9.17) is 14.2 Å². The van der Waals surface area contributed by atoms with E-state index < -0.39 is 23.8 Å². The molecule has 5 nitrogen and oxygen atoms in total. The number of hydrogen-bond acceptors (Lipinski definition) is 4. The molecule has 1 N–H and O–H groups in total. The highest BCUT2D eigenvalue weighted by Crippen LogP contribution is 2.18. The third kappa shape index (κ3) is 8.49. The molecule has 0 radical (unpaired) electrons. The van der Waals surface area contributed by atoms with Crippen LogP contribution < -0.4 is 5.32 Å². The molecule has 0 fully saturated rings. The summed E-state index contributed by atoms with van der Waals surface area (Å²) in [5.74, 6) is 0. The van der Waals surface area contributed by atoms with Crippen LogP contribution in [-0.2, 0) is 14.2 Å². The van der Waals surface area contributed by atoms with E-state index in [9.17, 15) is 4.79 Å². The first kappa shape index (κ1) is 15.2. The van der Waals surface area contributed by atoms with E-state index in [1.807, 2.05) is 41.5 Å². The first-order valence-electron chi connectivity index (χ1n) is 5.27. The molecule has 0 aromatic heterocycles. The van der Waals surface area contributed by atoms with Crippen LogP contribution in [0.25, 0.3) is 0 Å². The summed E-state index contributed by atoms with van der Waals surface area (Å²) in [5, 5.41) is 2.35. The lowest BCUT2D eigenvalue weighted by molar-refractivity contribution is -0.323. The Morgan fingerprint density at radius 2 is 1.38 bits per heavy atom. The van der Waals surface area contributed by atoms with Crippen molar-refractivity contribution in [1.82, 2.24) is 5.32 Å². The highest BCUT2D eigenvalue weighted by molar-refractivity contribution is 5.66. The third-order valence-corrected chi connectivity index (χ3v) is 1.31. The van der Waals surface area contributed by atoms with Crippen molar-refractivity contribution in [1.29, 1.82) is 0 Å². The van der Waals surface area contributed by atoms with Gasteiger partial charge in [0.05, 0.1) is 11.2 Å². The minimum absolute atomic E-state index is 0.454. The standard InChI is InChI=1S/C11H23NO4/c1-10(2,3)15-9(14-8(13)12-7)16-11(4,5)6/h9H,1-7H3,(H,12,13). The van der Waals surface area contributed by atoms with Crippen LogP contribution in [0.1, 0.15) is 41.5 Å². The summed E-state index contributed by atoms with van der Waals surface area (Å²) in [5.41, 5.74) is -0.909. The molecule has 0 bridgehead atoms. The molecule has 16 heavy (non-hydrogen) atoms. The van der Waals surface area contributed by atoms with Crippen LogP contribution >= 0.6 is 0 Å². The molecule has 5 heteroatoms. The molecule has 1 amide bonds. The summed E-state index contributed by atoms with van der Waals surface area (Å²) in [6, 6.07) is 0. The largest absolute Gasteiger partial charge is 0.410 e. The van der Waals surface area contributed by atoms with Gasteiger partial charge in [-0.1, -0.05) is 0 Å². The zero-order valence-electron chi connectivity index (χ0n) is 11.2. The number of carbonyl (C=O) groups is 1. The molecule has 0 saturated carbocycles.